The van der Waals surface area contributed by atoms with Crippen LogP contribution in [0.1, 0.15) is 33.9 Å². The number of thioether (sulfide) groups is 1. The zero-order valence-electron chi connectivity index (χ0n) is 19.9. The fourth-order valence-electron chi connectivity index (χ4n) is 4.11. The van der Waals surface area contributed by atoms with Gasteiger partial charge in [0.15, 0.2) is 4.34 Å². The van der Waals surface area contributed by atoms with E-state index in [2.05, 4.69) is 15.2 Å². The van der Waals surface area contributed by atoms with Crippen LogP contribution < -0.4 is 4.90 Å². The number of aryl methyl sites for hydroxylation is 2. The molecule has 0 spiro atoms. The Morgan fingerprint density at radius 1 is 1.05 bits per heavy atom. The highest BCUT2D eigenvalue weighted by Gasteiger charge is 2.48. The van der Waals surface area contributed by atoms with Crippen LogP contribution in [0.4, 0.5) is 5.13 Å². The van der Waals surface area contributed by atoms with Crippen molar-refractivity contribution in [3.63, 3.8) is 0 Å². The normalized spacial score (nSPS) is 16.9. The van der Waals surface area contributed by atoms with E-state index < -0.39 is 17.7 Å². The van der Waals surface area contributed by atoms with Crippen molar-refractivity contribution < 1.29 is 14.7 Å². The molecular weight excluding hydrogens is 528 g/mol. The number of ketones is 1. The van der Waals surface area contributed by atoms with Crippen molar-refractivity contribution in [1.82, 2.24) is 15.2 Å². The predicted molar refractivity (Wildman–Crippen MR) is 146 cm³/mol. The smallest absolute Gasteiger partial charge is 0.301 e. The number of carbonyl (C=O) groups is 2. The van der Waals surface area contributed by atoms with Crippen LogP contribution in [-0.4, -0.2) is 32.0 Å². The minimum absolute atomic E-state index is 0.00969. The van der Waals surface area contributed by atoms with Crippen LogP contribution in [0, 0.1) is 13.8 Å². The van der Waals surface area contributed by atoms with Crippen molar-refractivity contribution in [1.29, 1.82) is 0 Å². The van der Waals surface area contributed by atoms with Crippen LogP contribution in [0.15, 0.2) is 76.9 Å². The van der Waals surface area contributed by atoms with E-state index in [1.54, 1.807) is 30.6 Å². The van der Waals surface area contributed by atoms with Crippen LogP contribution in [0.5, 0.6) is 0 Å². The molecule has 1 unspecified atom stereocenters. The standard InChI is InChI=1S/C27H21ClN4O3S2/c1-15-3-4-16(2)20(13-15)23(33)21-22(18-9-11-29-12-10-18)32(25(35)24(21)34)26-30-31-27(37-26)36-14-17-5-7-19(28)8-6-17/h3-13,22,33H,14H2,1-2H3. The first-order chi connectivity index (χ1) is 17.8. The Morgan fingerprint density at radius 3 is 2.51 bits per heavy atom. The maximum atomic E-state index is 13.3. The first-order valence-corrected chi connectivity index (χ1v) is 13.5. The molecule has 1 amide bonds. The van der Waals surface area contributed by atoms with Gasteiger partial charge in [0.25, 0.3) is 5.78 Å². The van der Waals surface area contributed by atoms with E-state index in [1.165, 1.54) is 28.0 Å². The van der Waals surface area contributed by atoms with Crippen molar-refractivity contribution in [2.45, 2.75) is 30.0 Å². The van der Waals surface area contributed by atoms with Gasteiger partial charge in [-0.2, -0.15) is 0 Å². The summed E-state index contributed by atoms with van der Waals surface area (Å²) in [6.45, 7) is 3.75. The summed E-state index contributed by atoms with van der Waals surface area (Å²) >= 11 is 8.66. The Bertz CT molecular complexity index is 1520. The lowest BCUT2D eigenvalue weighted by molar-refractivity contribution is -0.132. The first kappa shape index (κ1) is 25.1. The monoisotopic (exact) mass is 548 g/mol. The van der Waals surface area contributed by atoms with Crippen LogP contribution in [0.25, 0.3) is 5.76 Å². The summed E-state index contributed by atoms with van der Waals surface area (Å²) in [4.78, 5) is 32.1. The second kappa shape index (κ2) is 10.5. The molecule has 1 saturated heterocycles. The third-order valence-electron chi connectivity index (χ3n) is 5.99. The van der Waals surface area contributed by atoms with E-state index >= 15 is 0 Å². The van der Waals surface area contributed by atoms with Crippen LogP contribution in [0.2, 0.25) is 5.02 Å². The number of aliphatic hydroxyl groups excluding tert-OH is 1. The molecule has 0 saturated carbocycles. The Labute approximate surface area is 226 Å². The molecule has 1 N–H and O–H groups in total. The Morgan fingerprint density at radius 2 is 1.78 bits per heavy atom. The minimum Gasteiger partial charge on any atom is -0.507 e. The average Bonchev–Trinajstić information content (AvgIpc) is 3.47. The highest BCUT2D eigenvalue weighted by atomic mass is 35.5. The lowest BCUT2D eigenvalue weighted by Gasteiger charge is -2.22. The minimum atomic E-state index is -0.870. The molecule has 7 nitrogen and oxygen atoms in total. The van der Waals surface area contributed by atoms with Crippen molar-refractivity contribution in [2.75, 3.05) is 4.90 Å². The van der Waals surface area contributed by atoms with Gasteiger partial charge in [-0.1, -0.05) is 64.5 Å². The molecule has 1 atom stereocenters. The maximum absolute atomic E-state index is 13.3. The number of hydrogen-bond acceptors (Lipinski definition) is 8. The zero-order valence-corrected chi connectivity index (χ0v) is 22.3. The molecule has 1 aliphatic rings. The van der Waals surface area contributed by atoms with E-state index in [4.69, 9.17) is 11.6 Å². The predicted octanol–water partition coefficient (Wildman–Crippen LogP) is 6.12. The molecule has 0 aliphatic carbocycles. The summed E-state index contributed by atoms with van der Waals surface area (Å²) in [7, 11) is 0. The van der Waals surface area contributed by atoms with E-state index in [1.807, 2.05) is 50.2 Å². The number of aliphatic hydroxyl groups is 1. The average molecular weight is 549 g/mol. The number of nitrogens with zero attached hydrogens (tertiary/aromatic N) is 4. The summed E-state index contributed by atoms with van der Waals surface area (Å²) in [5.41, 5.74) is 3.93. The highest BCUT2D eigenvalue weighted by molar-refractivity contribution is 8.00. The number of hydrogen-bond donors (Lipinski definition) is 1. The molecule has 37 heavy (non-hydrogen) atoms. The third-order valence-corrected chi connectivity index (χ3v) is 8.37. The summed E-state index contributed by atoms with van der Waals surface area (Å²) in [6, 6.07) is 15.7. The molecular formula is C27H21ClN4O3S2. The van der Waals surface area contributed by atoms with Crippen LogP contribution >= 0.6 is 34.7 Å². The number of amides is 1. The Balaban J connectivity index is 1.54. The number of anilines is 1. The number of carbonyl (C=O) groups excluding carboxylic acids is 2. The number of pyridine rings is 1. The number of benzene rings is 2. The van der Waals surface area contributed by atoms with Gasteiger partial charge in [-0.15, -0.1) is 10.2 Å². The van der Waals surface area contributed by atoms with Gasteiger partial charge < -0.3 is 5.11 Å². The van der Waals surface area contributed by atoms with Crippen molar-refractivity contribution in [3.8, 4) is 0 Å². The highest BCUT2D eigenvalue weighted by Crippen LogP contribution is 2.44. The van der Waals surface area contributed by atoms with Gasteiger partial charge in [-0.25, -0.2) is 0 Å². The largest absolute Gasteiger partial charge is 0.507 e. The Kier molecular flexibility index (Phi) is 7.10. The number of halogens is 1. The maximum Gasteiger partial charge on any atom is 0.301 e. The van der Waals surface area contributed by atoms with Crippen LogP contribution in [-0.2, 0) is 15.3 Å². The molecule has 0 radical (unpaired) electrons. The summed E-state index contributed by atoms with van der Waals surface area (Å²) in [5.74, 6) is -1.11. The van der Waals surface area contributed by atoms with Crippen molar-refractivity contribution >= 4 is 57.3 Å². The van der Waals surface area contributed by atoms with E-state index in [-0.39, 0.29) is 16.5 Å². The lowest BCUT2D eigenvalue weighted by Crippen LogP contribution is -2.29. The van der Waals surface area contributed by atoms with Crippen molar-refractivity contribution in [3.05, 3.63) is 105 Å². The Hall–Kier alpha value is -3.53. The summed E-state index contributed by atoms with van der Waals surface area (Å²) < 4.78 is 0.648. The van der Waals surface area contributed by atoms with Gasteiger partial charge in [-0.05, 0) is 60.9 Å². The van der Waals surface area contributed by atoms with Gasteiger partial charge in [0.1, 0.15) is 5.76 Å². The first-order valence-electron chi connectivity index (χ1n) is 11.3. The van der Waals surface area contributed by atoms with Gasteiger partial charge in [0.2, 0.25) is 5.13 Å². The molecule has 1 aliphatic heterocycles. The van der Waals surface area contributed by atoms with Crippen LogP contribution in [0.3, 0.4) is 0 Å². The lowest BCUT2D eigenvalue weighted by atomic mass is 9.94. The molecule has 1 fully saturated rings. The third kappa shape index (κ3) is 5.02. The quantitative estimate of drug-likeness (QED) is 0.102. The SMILES string of the molecule is Cc1ccc(C)c(C(O)=C2C(=O)C(=O)N(c3nnc(SCc4ccc(Cl)cc4)s3)C2c2ccncc2)c1. The molecule has 2 aromatic heterocycles. The van der Waals surface area contributed by atoms with Gasteiger partial charge in [0, 0.05) is 28.7 Å². The second-order valence-corrected chi connectivity index (χ2v) is 11.1. The summed E-state index contributed by atoms with van der Waals surface area (Å²) in [6.07, 6.45) is 3.17. The molecule has 4 aromatic rings. The molecule has 0 bridgehead atoms. The number of Topliss-reactive ketones (excluding diaryl/α,β-unsaturated/α-hetero) is 1. The topological polar surface area (TPSA) is 96.3 Å². The molecule has 10 heteroatoms. The van der Waals surface area contributed by atoms with Gasteiger partial charge >= 0.3 is 5.91 Å². The molecule has 2 aromatic carbocycles. The van der Waals surface area contributed by atoms with E-state index in [0.29, 0.717) is 26.2 Å². The molecule has 5 rings (SSSR count). The number of aromatic nitrogens is 3. The van der Waals surface area contributed by atoms with Crippen molar-refractivity contribution in [2.24, 2.45) is 0 Å². The molecule has 186 valence electrons. The second-order valence-electron chi connectivity index (χ2n) is 8.53. The number of rotatable bonds is 6. The fraction of sp³-hybridized carbons (Fsp3) is 0.148. The van der Waals surface area contributed by atoms with E-state index in [0.717, 1.165) is 16.7 Å². The van der Waals surface area contributed by atoms with E-state index in [9.17, 15) is 14.7 Å². The van der Waals surface area contributed by atoms with Gasteiger partial charge in [-0.3, -0.25) is 19.5 Å². The molecule has 3 heterocycles. The zero-order chi connectivity index (χ0) is 26.1. The fourth-order valence-corrected chi connectivity index (χ4v) is 6.06. The van der Waals surface area contributed by atoms with Gasteiger partial charge in [0.05, 0.1) is 11.6 Å². The summed E-state index contributed by atoms with van der Waals surface area (Å²) in [5, 5.41) is 20.8.